The van der Waals surface area contributed by atoms with Gasteiger partial charge in [0.15, 0.2) is 0 Å². The summed E-state index contributed by atoms with van der Waals surface area (Å²) < 4.78 is 0.809. The Morgan fingerprint density at radius 2 is 1.63 bits per heavy atom. The van der Waals surface area contributed by atoms with Gasteiger partial charge in [0.2, 0.25) is 0 Å². The Kier molecular flexibility index (Phi) is 6.48. The molecule has 0 aromatic rings. The first-order valence-corrected chi connectivity index (χ1v) is 6.29. The van der Waals surface area contributed by atoms with Gasteiger partial charge in [-0.2, -0.15) is 0 Å². The fourth-order valence-electron chi connectivity index (χ4n) is 1.36. The molecule has 0 saturated carbocycles. The average molecular weight is 268 g/mol. The van der Waals surface area contributed by atoms with Crippen LogP contribution in [0.25, 0.3) is 0 Å². The topological polar surface area (TPSA) is 49.4 Å². The summed E-state index contributed by atoms with van der Waals surface area (Å²) in [5, 5.41) is 1.31. The Hall–Kier alpha value is -1.62. The zero-order valence-electron chi connectivity index (χ0n) is 12.7. The maximum Gasteiger partial charge on any atom is 0.267 e. The van der Waals surface area contributed by atoms with Crippen LogP contribution in [0.1, 0.15) is 20.3 Å². The van der Waals surface area contributed by atoms with E-state index in [0.717, 1.165) is 17.4 Å². The second-order valence-electron chi connectivity index (χ2n) is 5.83. The predicted octanol–water partition coefficient (Wildman–Crippen LogP) is 1.09. The van der Waals surface area contributed by atoms with Crippen LogP contribution in [0.2, 0.25) is 0 Å². The number of nitrogens with zero attached hydrogens (tertiary/aromatic N) is 2. The van der Waals surface area contributed by atoms with Crippen LogP contribution in [-0.2, 0) is 9.59 Å². The molecule has 0 bridgehead atoms. The number of hydrogen-bond acceptors (Lipinski definition) is 2. The van der Waals surface area contributed by atoms with Crippen molar-refractivity contribution in [2.75, 3.05) is 34.2 Å². The van der Waals surface area contributed by atoms with Crippen molar-refractivity contribution in [1.82, 2.24) is 10.4 Å². The summed E-state index contributed by atoms with van der Waals surface area (Å²) in [6.07, 6.45) is 0.791. The lowest BCUT2D eigenvalue weighted by Crippen LogP contribution is -2.48. The molecule has 5 nitrogen and oxygen atoms in total. The summed E-state index contributed by atoms with van der Waals surface area (Å²) in [4.78, 5) is 23.5. The molecule has 0 aromatic carbocycles. The average Bonchev–Trinajstić information content (AvgIpc) is 2.24. The van der Waals surface area contributed by atoms with Gasteiger partial charge in [0, 0.05) is 24.1 Å². The molecule has 0 rings (SSSR count). The molecule has 0 aliphatic rings. The molecule has 0 atom stereocenters. The predicted molar refractivity (Wildman–Crippen MR) is 77.0 cm³/mol. The van der Waals surface area contributed by atoms with Crippen molar-refractivity contribution in [2.45, 2.75) is 20.3 Å². The van der Waals surface area contributed by atoms with Gasteiger partial charge in [0.25, 0.3) is 11.8 Å². The van der Waals surface area contributed by atoms with Gasteiger partial charge in [0.1, 0.15) is 0 Å². The van der Waals surface area contributed by atoms with Crippen LogP contribution in [0.15, 0.2) is 24.3 Å². The van der Waals surface area contributed by atoms with Crippen LogP contribution >= 0.6 is 0 Å². The second kappa shape index (κ2) is 7.09. The highest BCUT2D eigenvalue weighted by Crippen LogP contribution is 2.01. The fourth-order valence-corrected chi connectivity index (χ4v) is 1.36. The third kappa shape index (κ3) is 7.41. The quantitative estimate of drug-likeness (QED) is 0.445. The van der Waals surface area contributed by atoms with E-state index in [1.54, 1.807) is 13.8 Å². The lowest BCUT2D eigenvalue weighted by molar-refractivity contribution is -0.870. The highest BCUT2D eigenvalue weighted by molar-refractivity contribution is 5.97. The van der Waals surface area contributed by atoms with Crippen LogP contribution in [0, 0.1) is 0 Å². The number of carbonyl (C=O) groups is 2. The summed E-state index contributed by atoms with van der Waals surface area (Å²) in [5.74, 6) is -0.615. The molecule has 19 heavy (non-hydrogen) atoms. The summed E-state index contributed by atoms with van der Waals surface area (Å²) in [7, 11) is 6.24. The number of hydrazine groups is 1. The number of nitrogens with one attached hydrogen (secondary N) is 1. The number of carbonyl (C=O) groups excluding carboxylic acids is 2. The molecule has 2 amide bonds. The minimum absolute atomic E-state index is 0.268. The van der Waals surface area contributed by atoms with Crippen LogP contribution in [0.5, 0.6) is 0 Å². The minimum Gasteiger partial charge on any atom is -0.331 e. The van der Waals surface area contributed by atoms with Crippen molar-refractivity contribution in [3.05, 3.63) is 24.3 Å². The van der Waals surface area contributed by atoms with Gasteiger partial charge < -0.3 is 4.48 Å². The summed E-state index contributed by atoms with van der Waals surface area (Å²) in [6.45, 7) is 11.8. The zero-order valence-corrected chi connectivity index (χ0v) is 12.7. The van der Waals surface area contributed by atoms with Gasteiger partial charge in [-0.05, 0) is 13.8 Å². The van der Waals surface area contributed by atoms with E-state index in [0.29, 0.717) is 17.7 Å². The van der Waals surface area contributed by atoms with Crippen molar-refractivity contribution in [1.29, 1.82) is 0 Å². The summed E-state index contributed by atoms with van der Waals surface area (Å²) in [6, 6.07) is 0. The van der Waals surface area contributed by atoms with Crippen molar-refractivity contribution in [2.24, 2.45) is 0 Å². The largest absolute Gasteiger partial charge is 0.331 e. The van der Waals surface area contributed by atoms with Crippen molar-refractivity contribution in [3.8, 4) is 0 Å². The maximum absolute atomic E-state index is 11.9. The molecule has 0 fully saturated rings. The third-order valence-corrected chi connectivity index (χ3v) is 2.45. The van der Waals surface area contributed by atoms with Gasteiger partial charge in [0.05, 0.1) is 27.7 Å². The van der Waals surface area contributed by atoms with E-state index in [1.165, 1.54) is 5.01 Å². The molecular weight excluding hydrogens is 242 g/mol. The number of amides is 2. The van der Waals surface area contributed by atoms with Gasteiger partial charge in [-0.3, -0.25) is 15.0 Å². The molecule has 0 aromatic heterocycles. The van der Waals surface area contributed by atoms with Crippen LogP contribution in [-0.4, -0.2) is 55.5 Å². The van der Waals surface area contributed by atoms with Crippen molar-refractivity contribution < 1.29 is 14.1 Å². The molecule has 0 saturated heterocycles. The highest BCUT2D eigenvalue weighted by Gasteiger charge is 2.18. The molecule has 0 aliphatic carbocycles. The number of rotatable bonds is 6. The first kappa shape index (κ1) is 17.4. The Labute approximate surface area is 116 Å². The Bertz CT molecular complexity index is 381. The van der Waals surface area contributed by atoms with Crippen LogP contribution < -0.4 is 5.43 Å². The fraction of sp³-hybridized carbons (Fsp3) is 0.571. The highest BCUT2D eigenvalue weighted by atomic mass is 16.2. The zero-order chi connectivity index (χ0) is 15.2. The summed E-state index contributed by atoms with van der Waals surface area (Å²) in [5.41, 5.74) is 3.32. The first-order chi connectivity index (χ1) is 8.54. The lowest BCUT2D eigenvalue weighted by atomic mass is 10.3. The van der Waals surface area contributed by atoms with E-state index in [4.69, 9.17) is 0 Å². The standard InChI is InChI=1S/C14H25N3O2/c1-11(2)13(18)15-16(14(19)12(3)4)9-8-10-17(5,6)7/h1,3,8-10H2,2,4-7H3/p+1. The Morgan fingerprint density at radius 1 is 1.11 bits per heavy atom. The molecule has 0 unspecified atom stereocenters. The maximum atomic E-state index is 11.9. The normalized spacial score (nSPS) is 10.8. The van der Waals surface area contributed by atoms with Crippen LogP contribution in [0.4, 0.5) is 0 Å². The van der Waals surface area contributed by atoms with Crippen molar-refractivity contribution in [3.63, 3.8) is 0 Å². The smallest absolute Gasteiger partial charge is 0.267 e. The van der Waals surface area contributed by atoms with Gasteiger partial charge >= 0.3 is 0 Å². The third-order valence-electron chi connectivity index (χ3n) is 2.45. The molecule has 0 aliphatic heterocycles. The van der Waals surface area contributed by atoms with E-state index >= 15 is 0 Å². The van der Waals surface area contributed by atoms with Crippen LogP contribution in [0.3, 0.4) is 0 Å². The van der Waals surface area contributed by atoms with Gasteiger partial charge in [-0.25, -0.2) is 5.01 Å². The second-order valence-corrected chi connectivity index (χ2v) is 5.83. The number of quaternary nitrogens is 1. The van der Waals surface area contributed by atoms with E-state index in [9.17, 15) is 9.59 Å². The van der Waals surface area contributed by atoms with Gasteiger partial charge in [-0.15, -0.1) is 0 Å². The molecule has 0 spiro atoms. The van der Waals surface area contributed by atoms with Crippen molar-refractivity contribution >= 4 is 11.8 Å². The molecular formula is C14H26N3O2+. The SMILES string of the molecule is C=C(C)C(=O)NN(CCC[N+](C)(C)C)C(=O)C(=C)C. The van der Waals surface area contributed by atoms with E-state index in [-0.39, 0.29) is 11.8 Å². The Morgan fingerprint density at radius 3 is 2.00 bits per heavy atom. The molecule has 0 radical (unpaired) electrons. The van der Waals surface area contributed by atoms with Gasteiger partial charge in [-0.1, -0.05) is 13.2 Å². The molecule has 1 N–H and O–H groups in total. The first-order valence-electron chi connectivity index (χ1n) is 6.29. The van der Waals surface area contributed by atoms with E-state index < -0.39 is 0 Å². The lowest BCUT2D eigenvalue weighted by Gasteiger charge is -2.27. The minimum atomic E-state index is -0.347. The van der Waals surface area contributed by atoms with E-state index in [2.05, 4.69) is 39.7 Å². The number of hydrogen-bond donors (Lipinski definition) is 1. The molecule has 108 valence electrons. The molecule has 5 heteroatoms. The van der Waals surface area contributed by atoms with E-state index in [1.807, 2.05) is 0 Å². The molecule has 0 heterocycles. The summed E-state index contributed by atoms with van der Waals surface area (Å²) >= 11 is 0. The Balaban J connectivity index is 4.60. The monoisotopic (exact) mass is 268 g/mol.